The summed E-state index contributed by atoms with van der Waals surface area (Å²) >= 11 is 3.51. The number of aryl methyl sites for hydroxylation is 1. The Morgan fingerprint density at radius 3 is 2.35 bits per heavy atom. The Morgan fingerprint density at radius 2 is 1.70 bits per heavy atom. The number of hydrogen-bond acceptors (Lipinski definition) is 4. The van der Waals surface area contributed by atoms with Crippen molar-refractivity contribution in [1.29, 1.82) is 0 Å². The number of aromatic nitrogens is 1. The van der Waals surface area contributed by atoms with Gasteiger partial charge in [-0.1, -0.05) is 52.3 Å². The Balaban J connectivity index is 1.46. The van der Waals surface area contributed by atoms with Gasteiger partial charge in [-0.2, -0.15) is 5.10 Å². The standard InChI is InChI=1S/C28H27BrN4O3S/c1-20-16-24(21(2)33(20)27-11-7-10-25(29)17-27)18-30-31-28(34)23-12-14-26(15-13-23)32(37(3,35)36)19-22-8-5-4-6-9-22/h4-18H,19H2,1-3H3,(H,31,34)/b30-18+. The number of carbonyl (C=O) groups excluding carboxylic acids is 1. The number of halogens is 1. The first kappa shape index (κ1) is 26.4. The van der Waals surface area contributed by atoms with Gasteiger partial charge in [-0.05, 0) is 67.9 Å². The molecule has 9 heteroatoms. The molecule has 1 amide bonds. The van der Waals surface area contributed by atoms with Gasteiger partial charge in [0.1, 0.15) is 0 Å². The first-order valence-electron chi connectivity index (χ1n) is 11.5. The lowest BCUT2D eigenvalue weighted by molar-refractivity contribution is 0.0955. The van der Waals surface area contributed by atoms with E-state index in [-0.39, 0.29) is 6.54 Å². The molecule has 0 bridgehead atoms. The normalized spacial score (nSPS) is 11.6. The van der Waals surface area contributed by atoms with Gasteiger partial charge in [-0.3, -0.25) is 9.10 Å². The Hall–Kier alpha value is -3.69. The average Bonchev–Trinajstić information content (AvgIpc) is 3.15. The average molecular weight is 580 g/mol. The molecule has 4 aromatic rings. The lowest BCUT2D eigenvalue weighted by atomic mass is 10.2. The molecule has 1 N–H and O–H groups in total. The van der Waals surface area contributed by atoms with E-state index in [1.54, 1.807) is 30.5 Å². The molecule has 0 spiro atoms. The minimum absolute atomic E-state index is 0.202. The Labute approximate surface area is 225 Å². The minimum Gasteiger partial charge on any atom is -0.318 e. The summed E-state index contributed by atoms with van der Waals surface area (Å²) in [4.78, 5) is 12.7. The van der Waals surface area contributed by atoms with E-state index in [1.165, 1.54) is 10.6 Å². The van der Waals surface area contributed by atoms with E-state index in [4.69, 9.17) is 0 Å². The fourth-order valence-electron chi connectivity index (χ4n) is 4.08. The predicted octanol–water partition coefficient (Wildman–Crippen LogP) is 5.59. The number of rotatable bonds is 8. The van der Waals surface area contributed by atoms with E-state index in [2.05, 4.69) is 31.0 Å². The maximum Gasteiger partial charge on any atom is 0.271 e. The molecule has 0 aliphatic carbocycles. The zero-order valence-electron chi connectivity index (χ0n) is 20.7. The van der Waals surface area contributed by atoms with Gasteiger partial charge in [-0.25, -0.2) is 13.8 Å². The van der Waals surface area contributed by atoms with E-state index >= 15 is 0 Å². The number of carbonyl (C=O) groups is 1. The first-order valence-corrected chi connectivity index (χ1v) is 14.2. The van der Waals surface area contributed by atoms with E-state index in [0.717, 1.165) is 32.7 Å². The maximum atomic E-state index is 12.7. The quantitative estimate of drug-likeness (QED) is 0.218. The van der Waals surface area contributed by atoms with Crippen LogP contribution in [0.5, 0.6) is 0 Å². The second kappa shape index (κ2) is 11.1. The van der Waals surface area contributed by atoms with Crippen LogP contribution in [-0.4, -0.2) is 31.4 Å². The molecule has 0 aliphatic rings. The number of hydrogen-bond donors (Lipinski definition) is 1. The monoisotopic (exact) mass is 578 g/mol. The third-order valence-corrected chi connectivity index (χ3v) is 7.53. The molecule has 37 heavy (non-hydrogen) atoms. The molecule has 3 aromatic carbocycles. The van der Waals surface area contributed by atoms with Gasteiger partial charge in [0, 0.05) is 32.7 Å². The van der Waals surface area contributed by atoms with Crippen molar-refractivity contribution in [2.45, 2.75) is 20.4 Å². The molecule has 0 aliphatic heterocycles. The van der Waals surface area contributed by atoms with Gasteiger partial charge in [-0.15, -0.1) is 0 Å². The van der Waals surface area contributed by atoms with Gasteiger partial charge in [0.25, 0.3) is 5.91 Å². The molecule has 0 saturated carbocycles. The highest BCUT2D eigenvalue weighted by Crippen LogP contribution is 2.23. The minimum atomic E-state index is -3.52. The highest BCUT2D eigenvalue weighted by Gasteiger charge is 2.18. The Kier molecular flexibility index (Phi) is 7.94. The molecule has 0 unspecified atom stereocenters. The number of sulfonamides is 1. The van der Waals surface area contributed by atoms with Crippen LogP contribution in [0.3, 0.4) is 0 Å². The Bertz CT molecular complexity index is 1550. The summed E-state index contributed by atoms with van der Waals surface area (Å²) in [6.45, 7) is 4.22. The van der Waals surface area contributed by atoms with Crippen molar-refractivity contribution in [3.05, 3.63) is 117 Å². The summed E-state index contributed by atoms with van der Waals surface area (Å²) in [7, 11) is -3.52. The summed E-state index contributed by atoms with van der Waals surface area (Å²) < 4.78 is 29.3. The molecular formula is C28H27BrN4O3S. The smallest absolute Gasteiger partial charge is 0.271 e. The fourth-order valence-corrected chi connectivity index (χ4v) is 5.36. The molecule has 7 nitrogen and oxygen atoms in total. The van der Waals surface area contributed by atoms with Crippen molar-refractivity contribution < 1.29 is 13.2 Å². The molecule has 190 valence electrons. The van der Waals surface area contributed by atoms with Crippen LogP contribution in [0.15, 0.2) is 94.5 Å². The lowest BCUT2D eigenvalue weighted by Gasteiger charge is -2.22. The van der Waals surface area contributed by atoms with Crippen molar-refractivity contribution in [1.82, 2.24) is 9.99 Å². The van der Waals surface area contributed by atoms with Gasteiger partial charge in [0.05, 0.1) is 24.7 Å². The first-order chi connectivity index (χ1) is 17.6. The molecule has 1 aromatic heterocycles. The third-order valence-electron chi connectivity index (χ3n) is 5.89. The third kappa shape index (κ3) is 6.36. The fraction of sp³-hybridized carbons (Fsp3) is 0.143. The van der Waals surface area contributed by atoms with Crippen molar-refractivity contribution >= 4 is 43.8 Å². The van der Waals surface area contributed by atoms with E-state index in [1.807, 2.05) is 74.5 Å². The maximum absolute atomic E-state index is 12.7. The van der Waals surface area contributed by atoms with Gasteiger partial charge in [0.15, 0.2) is 0 Å². The molecule has 0 radical (unpaired) electrons. The largest absolute Gasteiger partial charge is 0.318 e. The van der Waals surface area contributed by atoms with Gasteiger partial charge in [0.2, 0.25) is 10.0 Å². The van der Waals surface area contributed by atoms with Crippen LogP contribution in [0.25, 0.3) is 5.69 Å². The Morgan fingerprint density at radius 1 is 1.00 bits per heavy atom. The molecule has 0 fully saturated rings. The van der Waals surface area contributed by atoms with E-state index in [0.29, 0.717) is 11.3 Å². The van der Waals surface area contributed by atoms with Crippen molar-refractivity contribution in [2.24, 2.45) is 5.10 Å². The zero-order chi connectivity index (χ0) is 26.6. The number of nitrogens with zero attached hydrogens (tertiary/aromatic N) is 3. The van der Waals surface area contributed by atoms with Gasteiger partial charge >= 0.3 is 0 Å². The second-order valence-electron chi connectivity index (χ2n) is 8.64. The van der Waals surface area contributed by atoms with Crippen LogP contribution in [-0.2, 0) is 16.6 Å². The molecule has 4 rings (SSSR count). The van der Waals surface area contributed by atoms with Gasteiger partial charge < -0.3 is 4.57 Å². The van der Waals surface area contributed by atoms with Crippen LogP contribution >= 0.6 is 15.9 Å². The molecule has 0 saturated heterocycles. The molecule has 1 heterocycles. The summed E-state index contributed by atoms with van der Waals surface area (Å²) in [5, 5.41) is 4.14. The predicted molar refractivity (Wildman–Crippen MR) is 152 cm³/mol. The van der Waals surface area contributed by atoms with Crippen LogP contribution in [0.1, 0.15) is 32.9 Å². The molecular weight excluding hydrogens is 552 g/mol. The van der Waals surface area contributed by atoms with E-state index in [9.17, 15) is 13.2 Å². The molecule has 0 atom stereocenters. The van der Waals surface area contributed by atoms with E-state index < -0.39 is 15.9 Å². The van der Waals surface area contributed by atoms with Crippen LogP contribution in [0.4, 0.5) is 5.69 Å². The number of hydrazone groups is 1. The topological polar surface area (TPSA) is 83.8 Å². The van der Waals surface area contributed by atoms with Crippen LogP contribution < -0.4 is 9.73 Å². The summed E-state index contributed by atoms with van der Waals surface area (Å²) in [6.07, 6.45) is 2.78. The number of anilines is 1. The number of amides is 1. The van der Waals surface area contributed by atoms with Crippen LogP contribution in [0.2, 0.25) is 0 Å². The SMILES string of the molecule is Cc1cc(/C=N/NC(=O)c2ccc(N(Cc3ccccc3)S(C)(=O)=O)cc2)c(C)n1-c1cccc(Br)c1. The highest BCUT2D eigenvalue weighted by atomic mass is 79.9. The van der Waals surface area contributed by atoms with Crippen molar-refractivity contribution in [2.75, 3.05) is 10.6 Å². The van der Waals surface area contributed by atoms with Crippen molar-refractivity contribution in [3.63, 3.8) is 0 Å². The van der Waals surface area contributed by atoms with Crippen LogP contribution in [0, 0.1) is 13.8 Å². The number of nitrogens with one attached hydrogen (secondary N) is 1. The zero-order valence-corrected chi connectivity index (χ0v) is 23.1. The van der Waals surface area contributed by atoms with Crippen molar-refractivity contribution in [3.8, 4) is 5.69 Å². The summed E-state index contributed by atoms with van der Waals surface area (Å²) in [5.74, 6) is -0.391. The summed E-state index contributed by atoms with van der Waals surface area (Å²) in [6, 6.07) is 25.8. The lowest BCUT2D eigenvalue weighted by Crippen LogP contribution is -2.29. The highest BCUT2D eigenvalue weighted by molar-refractivity contribution is 9.10. The second-order valence-corrected chi connectivity index (χ2v) is 11.5. The number of benzene rings is 3. The summed E-state index contributed by atoms with van der Waals surface area (Å²) in [5.41, 5.74) is 8.23.